The number of likely N-dealkylation sites (tertiary alicyclic amines) is 1. The number of amides is 2. The molecule has 1 aliphatic rings. The van der Waals surface area contributed by atoms with E-state index < -0.39 is 0 Å². The summed E-state index contributed by atoms with van der Waals surface area (Å²) in [5.41, 5.74) is 3.08. The summed E-state index contributed by atoms with van der Waals surface area (Å²) in [7, 11) is 4.08. The number of benzene rings is 2. The van der Waals surface area contributed by atoms with E-state index in [1.54, 1.807) is 0 Å². The summed E-state index contributed by atoms with van der Waals surface area (Å²) in [4.78, 5) is 17.1. The van der Waals surface area contributed by atoms with Crippen LogP contribution in [0.4, 0.5) is 16.2 Å². The topological polar surface area (TPSA) is 56.8 Å². The average Bonchev–Trinajstić information content (AvgIpc) is 3.25. The van der Waals surface area contributed by atoms with E-state index in [9.17, 15) is 4.79 Å². The Morgan fingerprint density at radius 2 is 1.79 bits per heavy atom. The quantitative estimate of drug-likeness (QED) is 0.705. The van der Waals surface area contributed by atoms with Gasteiger partial charge in [0.2, 0.25) is 0 Å². The molecule has 1 heterocycles. The summed E-state index contributed by atoms with van der Waals surface area (Å²) in [6, 6.07) is 16.1. The Hall–Kier alpha value is -2.73. The maximum atomic E-state index is 12.6. The van der Waals surface area contributed by atoms with Crippen molar-refractivity contribution in [2.24, 2.45) is 0 Å². The molecule has 0 spiro atoms. The molecule has 0 radical (unpaired) electrons. The lowest BCUT2D eigenvalue weighted by Crippen LogP contribution is -2.38. The van der Waals surface area contributed by atoms with Gasteiger partial charge < -0.3 is 20.3 Å². The van der Waals surface area contributed by atoms with E-state index >= 15 is 0 Å². The molecule has 0 unspecified atom stereocenters. The molecular formula is C23H32N4O2. The molecule has 2 amide bonds. The lowest BCUT2D eigenvalue weighted by atomic mass is 10.0. The van der Waals surface area contributed by atoms with Crippen molar-refractivity contribution in [2.75, 3.05) is 50.6 Å². The second-order valence-corrected chi connectivity index (χ2v) is 7.51. The highest BCUT2D eigenvalue weighted by Crippen LogP contribution is 2.27. The maximum absolute atomic E-state index is 12.6. The Morgan fingerprint density at radius 1 is 1.10 bits per heavy atom. The van der Waals surface area contributed by atoms with Crippen molar-refractivity contribution in [3.8, 4) is 5.75 Å². The van der Waals surface area contributed by atoms with E-state index in [-0.39, 0.29) is 12.1 Å². The third-order valence-corrected chi connectivity index (χ3v) is 5.27. The van der Waals surface area contributed by atoms with E-state index in [2.05, 4.69) is 44.7 Å². The first-order valence-corrected chi connectivity index (χ1v) is 10.4. The smallest absolute Gasteiger partial charge is 0.319 e. The van der Waals surface area contributed by atoms with Gasteiger partial charge in [-0.1, -0.05) is 24.3 Å². The second-order valence-electron chi connectivity index (χ2n) is 7.51. The molecule has 0 aromatic heterocycles. The van der Waals surface area contributed by atoms with Crippen LogP contribution >= 0.6 is 0 Å². The van der Waals surface area contributed by atoms with Gasteiger partial charge >= 0.3 is 6.03 Å². The highest BCUT2D eigenvalue weighted by atomic mass is 16.5. The number of anilines is 2. The molecule has 29 heavy (non-hydrogen) atoms. The Morgan fingerprint density at radius 3 is 2.45 bits per heavy atom. The number of hydrogen-bond donors (Lipinski definition) is 2. The maximum Gasteiger partial charge on any atom is 0.319 e. The zero-order valence-electron chi connectivity index (χ0n) is 17.6. The monoisotopic (exact) mass is 396 g/mol. The Balaban J connectivity index is 1.66. The molecule has 1 aliphatic heterocycles. The first-order chi connectivity index (χ1) is 14.1. The molecule has 1 saturated heterocycles. The van der Waals surface area contributed by atoms with Crippen LogP contribution in [0.1, 0.15) is 31.4 Å². The molecule has 0 aliphatic carbocycles. The fourth-order valence-corrected chi connectivity index (χ4v) is 3.71. The van der Waals surface area contributed by atoms with Gasteiger partial charge in [-0.15, -0.1) is 0 Å². The number of hydrogen-bond acceptors (Lipinski definition) is 4. The minimum atomic E-state index is -0.216. The van der Waals surface area contributed by atoms with E-state index in [0.717, 1.165) is 13.1 Å². The summed E-state index contributed by atoms with van der Waals surface area (Å²) in [5.74, 6) is 0.681. The number of nitrogens with zero attached hydrogens (tertiary/aromatic N) is 2. The molecule has 2 aromatic carbocycles. The van der Waals surface area contributed by atoms with Crippen molar-refractivity contribution in [3.05, 3.63) is 54.1 Å². The first-order valence-electron chi connectivity index (χ1n) is 10.4. The molecule has 0 bridgehead atoms. The predicted molar refractivity (Wildman–Crippen MR) is 119 cm³/mol. The van der Waals surface area contributed by atoms with Crippen LogP contribution in [0, 0.1) is 0 Å². The second kappa shape index (κ2) is 10.2. The van der Waals surface area contributed by atoms with Crippen LogP contribution in [0.2, 0.25) is 0 Å². The van der Waals surface area contributed by atoms with Crippen molar-refractivity contribution in [1.82, 2.24) is 10.2 Å². The van der Waals surface area contributed by atoms with Gasteiger partial charge in [0.05, 0.1) is 18.3 Å². The standard InChI is InChI=1S/C23H32N4O2/c1-4-29-22-10-6-5-9-20(22)25-23(28)24-17-21(27-15-7-8-16-27)18-11-13-19(14-12-18)26(2)3/h5-6,9-14,21H,4,7-8,15-17H2,1-3H3,(H2,24,25,28)/t21-/m0/s1. The SMILES string of the molecule is CCOc1ccccc1NC(=O)NC[C@@H](c1ccc(N(C)C)cc1)N1CCCC1. The molecule has 3 rings (SSSR count). The van der Waals surface area contributed by atoms with Crippen LogP contribution in [0.5, 0.6) is 5.75 Å². The Bertz CT molecular complexity index is 786. The van der Waals surface area contributed by atoms with Crippen LogP contribution in [-0.2, 0) is 0 Å². The number of para-hydroxylation sites is 2. The zero-order chi connectivity index (χ0) is 20.6. The minimum Gasteiger partial charge on any atom is -0.492 e. The summed E-state index contributed by atoms with van der Waals surface area (Å²) >= 11 is 0. The van der Waals surface area contributed by atoms with Gasteiger partial charge in [0.25, 0.3) is 0 Å². The lowest BCUT2D eigenvalue weighted by molar-refractivity contribution is 0.227. The lowest BCUT2D eigenvalue weighted by Gasteiger charge is -2.28. The fourth-order valence-electron chi connectivity index (χ4n) is 3.71. The number of ether oxygens (including phenoxy) is 1. The molecular weight excluding hydrogens is 364 g/mol. The van der Waals surface area contributed by atoms with Gasteiger partial charge in [-0.25, -0.2) is 4.79 Å². The van der Waals surface area contributed by atoms with Crippen molar-refractivity contribution in [1.29, 1.82) is 0 Å². The summed E-state index contributed by atoms with van der Waals surface area (Å²) < 4.78 is 5.59. The molecule has 2 aromatic rings. The molecule has 6 heteroatoms. The highest BCUT2D eigenvalue weighted by molar-refractivity contribution is 5.90. The van der Waals surface area contributed by atoms with Gasteiger partial charge in [0.1, 0.15) is 5.75 Å². The van der Waals surface area contributed by atoms with Gasteiger partial charge in [-0.2, -0.15) is 0 Å². The van der Waals surface area contributed by atoms with Crippen LogP contribution in [0.25, 0.3) is 0 Å². The van der Waals surface area contributed by atoms with Crippen molar-refractivity contribution < 1.29 is 9.53 Å². The molecule has 156 valence electrons. The minimum absolute atomic E-state index is 0.168. The number of carbonyl (C=O) groups is 1. The summed E-state index contributed by atoms with van der Waals surface area (Å²) in [6.07, 6.45) is 2.42. The van der Waals surface area contributed by atoms with Crippen LogP contribution in [0.3, 0.4) is 0 Å². The van der Waals surface area contributed by atoms with Crippen molar-refractivity contribution >= 4 is 17.4 Å². The molecule has 0 saturated carbocycles. The van der Waals surface area contributed by atoms with Crippen molar-refractivity contribution in [3.63, 3.8) is 0 Å². The Kier molecular flexibility index (Phi) is 7.36. The predicted octanol–water partition coefficient (Wildman–Crippen LogP) is 4.11. The number of rotatable bonds is 8. The Labute approximate surface area is 173 Å². The highest BCUT2D eigenvalue weighted by Gasteiger charge is 2.24. The van der Waals surface area contributed by atoms with Crippen LogP contribution in [-0.4, -0.2) is 51.3 Å². The molecule has 2 N–H and O–H groups in total. The van der Waals surface area contributed by atoms with E-state index in [1.807, 2.05) is 45.3 Å². The van der Waals surface area contributed by atoms with Gasteiger partial charge in [-0.3, -0.25) is 4.90 Å². The summed E-state index contributed by atoms with van der Waals surface area (Å²) in [6.45, 7) is 5.18. The van der Waals surface area contributed by atoms with Gasteiger partial charge in [-0.05, 0) is 62.7 Å². The number of carbonyl (C=O) groups excluding carboxylic acids is 1. The van der Waals surface area contributed by atoms with Crippen LogP contribution < -0.4 is 20.3 Å². The molecule has 6 nitrogen and oxygen atoms in total. The third kappa shape index (κ3) is 5.64. The molecule has 1 fully saturated rings. The van der Waals surface area contributed by atoms with E-state index in [1.165, 1.54) is 24.1 Å². The number of nitrogens with one attached hydrogen (secondary N) is 2. The van der Waals surface area contributed by atoms with E-state index in [4.69, 9.17) is 4.74 Å². The van der Waals surface area contributed by atoms with Crippen LogP contribution in [0.15, 0.2) is 48.5 Å². The van der Waals surface area contributed by atoms with E-state index in [0.29, 0.717) is 24.6 Å². The van der Waals surface area contributed by atoms with Crippen molar-refractivity contribution in [2.45, 2.75) is 25.8 Å². The molecule has 1 atom stereocenters. The number of urea groups is 1. The van der Waals surface area contributed by atoms with Gasteiger partial charge in [0.15, 0.2) is 0 Å². The largest absolute Gasteiger partial charge is 0.492 e. The average molecular weight is 397 g/mol. The normalized spacial score (nSPS) is 15.0. The first kappa shape index (κ1) is 21.0. The van der Waals surface area contributed by atoms with Gasteiger partial charge in [0, 0.05) is 26.3 Å². The zero-order valence-corrected chi connectivity index (χ0v) is 17.6. The third-order valence-electron chi connectivity index (χ3n) is 5.27. The summed E-state index contributed by atoms with van der Waals surface area (Å²) in [5, 5.41) is 5.97. The fraction of sp³-hybridized carbons (Fsp3) is 0.435.